The third kappa shape index (κ3) is 6.18. The summed E-state index contributed by atoms with van der Waals surface area (Å²) in [5.74, 6) is 0.595. The molecule has 0 aliphatic heterocycles. The minimum atomic E-state index is 0.595. The van der Waals surface area contributed by atoms with Crippen molar-refractivity contribution in [3.05, 3.63) is 188 Å². The van der Waals surface area contributed by atoms with Gasteiger partial charge in [0.1, 0.15) is 5.69 Å². The number of rotatable bonds is 6. The SMILES string of the molecule is Cc1ccc2ccc3c(-c4ccc(-c5cccc(-c6cc(-c7ccccc7)nc(-c7ccccn7)n6)c5)cc4)cc(-c4ccc5ccccc5c4)nc3c2n1. The average Bonchev–Trinajstić information content (AvgIpc) is 3.26. The lowest BCUT2D eigenvalue weighted by Crippen LogP contribution is -1.97. The first-order valence-corrected chi connectivity index (χ1v) is 18.4. The Bertz CT molecular complexity index is 2970. The highest BCUT2D eigenvalue weighted by atomic mass is 14.9. The Balaban J connectivity index is 1.07. The molecule has 4 aromatic heterocycles. The summed E-state index contributed by atoms with van der Waals surface area (Å²) < 4.78 is 0. The second-order valence-corrected chi connectivity index (χ2v) is 13.8. The van der Waals surface area contributed by atoms with Gasteiger partial charge in [-0.05, 0) is 82.4 Å². The van der Waals surface area contributed by atoms with Crippen LogP contribution in [-0.4, -0.2) is 24.9 Å². The number of nitrogens with zero attached hydrogens (tertiary/aromatic N) is 5. The first-order chi connectivity index (χ1) is 27.1. The van der Waals surface area contributed by atoms with Crippen LogP contribution in [0.25, 0.3) is 100 Å². The van der Waals surface area contributed by atoms with E-state index in [1.807, 2.05) is 43.3 Å². The lowest BCUT2D eigenvalue weighted by molar-refractivity contribution is 1.15. The third-order valence-electron chi connectivity index (χ3n) is 10.2. The number of benzene rings is 6. The predicted molar refractivity (Wildman–Crippen MR) is 225 cm³/mol. The van der Waals surface area contributed by atoms with Gasteiger partial charge in [0.2, 0.25) is 0 Å². The summed E-state index contributed by atoms with van der Waals surface area (Å²) in [6.07, 6.45) is 1.77. The molecular formula is C50H33N5. The van der Waals surface area contributed by atoms with Gasteiger partial charge in [0, 0.05) is 39.4 Å². The van der Waals surface area contributed by atoms with E-state index < -0.39 is 0 Å². The van der Waals surface area contributed by atoms with Crippen LogP contribution in [0.2, 0.25) is 0 Å². The van der Waals surface area contributed by atoms with E-state index in [1.54, 1.807) is 6.20 Å². The number of aryl methyl sites for hydroxylation is 1. The Kier molecular flexibility index (Phi) is 7.96. The van der Waals surface area contributed by atoms with E-state index in [0.717, 1.165) is 89.2 Å². The van der Waals surface area contributed by atoms with Gasteiger partial charge in [0.25, 0.3) is 0 Å². The standard InChI is InChI=1S/C50H33N5/c1-32-17-18-37-25-26-42-43(30-45(53-49(42)48(37)52-32)41-24-21-33-10-5-6-13-38(33)29-41)35-22-19-34(20-23-35)39-14-9-15-40(28-39)47-31-46(36-11-3-2-4-12-36)54-50(55-47)44-16-7-8-27-51-44/h2-31H,1H3. The molecule has 5 nitrogen and oxygen atoms in total. The summed E-state index contributed by atoms with van der Waals surface area (Å²) in [7, 11) is 0. The van der Waals surface area contributed by atoms with Crippen LogP contribution in [0.1, 0.15) is 5.69 Å². The molecule has 0 saturated carbocycles. The molecule has 0 spiro atoms. The fourth-order valence-corrected chi connectivity index (χ4v) is 7.37. The van der Waals surface area contributed by atoms with E-state index in [-0.39, 0.29) is 0 Å². The van der Waals surface area contributed by atoms with Crippen LogP contribution in [0, 0.1) is 6.92 Å². The lowest BCUT2D eigenvalue weighted by Gasteiger charge is -2.14. The Hall–Kier alpha value is -7.37. The van der Waals surface area contributed by atoms with Crippen molar-refractivity contribution >= 4 is 32.6 Å². The second-order valence-electron chi connectivity index (χ2n) is 13.8. The molecule has 10 rings (SSSR count). The van der Waals surface area contributed by atoms with Gasteiger partial charge in [0.05, 0.1) is 28.1 Å². The molecule has 0 aliphatic carbocycles. The summed E-state index contributed by atoms with van der Waals surface area (Å²) in [6, 6.07) is 61.3. The molecule has 55 heavy (non-hydrogen) atoms. The normalized spacial score (nSPS) is 11.4. The monoisotopic (exact) mass is 703 g/mol. The predicted octanol–water partition coefficient (Wildman–Crippen LogP) is 12.4. The maximum absolute atomic E-state index is 5.29. The van der Waals surface area contributed by atoms with Gasteiger partial charge in [-0.25, -0.2) is 15.0 Å². The first kappa shape index (κ1) is 32.3. The zero-order chi connectivity index (χ0) is 36.7. The van der Waals surface area contributed by atoms with Crippen molar-refractivity contribution in [2.24, 2.45) is 0 Å². The zero-order valence-electron chi connectivity index (χ0n) is 30.1. The highest BCUT2D eigenvalue weighted by Crippen LogP contribution is 2.37. The number of hydrogen-bond acceptors (Lipinski definition) is 5. The summed E-state index contributed by atoms with van der Waals surface area (Å²) in [4.78, 5) is 24.7. The molecule has 0 saturated heterocycles. The molecule has 0 aliphatic rings. The van der Waals surface area contributed by atoms with Crippen LogP contribution < -0.4 is 0 Å². The van der Waals surface area contributed by atoms with Crippen molar-refractivity contribution in [3.8, 4) is 67.5 Å². The molecule has 10 aromatic rings. The number of hydrogen-bond donors (Lipinski definition) is 0. The van der Waals surface area contributed by atoms with E-state index in [4.69, 9.17) is 19.9 Å². The first-order valence-electron chi connectivity index (χ1n) is 18.4. The van der Waals surface area contributed by atoms with Crippen LogP contribution >= 0.6 is 0 Å². The number of pyridine rings is 3. The van der Waals surface area contributed by atoms with Crippen LogP contribution in [0.3, 0.4) is 0 Å². The second kappa shape index (κ2) is 13.6. The highest BCUT2D eigenvalue weighted by molar-refractivity contribution is 6.09. The maximum Gasteiger partial charge on any atom is 0.179 e. The van der Waals surface area contributed by atoms with Gasteiger partial charge in [-0.1, -0.05) is 133 Å². The fourth-order valence-electron chi connectivity index (χ4n) is 7.37. The topological polar surface area (TPSA) is 64.5 Å². The van der Waals surface area contributed by atoms with Crippen LogP contribution in [-0.2, 0) is 0 Å². The van der Waals surface area contributed by atoms with Crippen molar-refractivity contribution < 1.29 is 0 Å². The summed E-state index contributed by atoms with van der Waals surface area (Å²) in [5.41, 5.74) is 13.7. The fraction of sp³-hybridized carbons (Fsp3) is 0.0200. The van der Waals surface area contributed by atoms with E-state index in [9.17, 15) is 0 Å². The Morgan fingerprint density at radius 2 is 1.00 bits per heavy atom. The minimum absolute atomic E-state index is 0.595. The van der Waals surface area contributed by atoms with Gasteiger partial charge in [0.15, 0.2) is 5.82 Å². The van der Waals surface area contributed by atoms with E-state index >= 15 is 0 Å². The van der Waals surface area contributed by atoms with Gasteiger partial charge in [-0.2, -0.15) is 0 Å². The zero-order valence-corrected chi connectivity index (χ0v) is 30.1. The largest absolute Gasteiger partial charge is 0.253 e. The molecule has 0 radical (unpaired) electrons. The Labute approximate surface area is 318 Å². The van der Waals surface area contributed by atoms with Gasteiger partial charge in [-0.15, -0.1) is 0 Å². The molecule has 258 valence electrons. The molecule has 6 aromatic carbocycles. The van der Waals surface area contributed by atoms with E-state index in [0.29, 0.717) is 5.82 Å². The van der Waals surface area contributed by atoms with Gasteiger partial charge >= 0.3 is 0 Å². The van der Waals surface area contributed by atoms with Crippen LogP contribution in [0.4, 0.5) is 0 Å². The molecule has 0 bridgehead atoms. The number of aromatic nitrogens is 5. The van der Waals surface area contributed by atoms with Crippen molar-refractivity contribution in [3.63, 3.8) is 0 Å². The highest BCUT2D eigenvalue weighted by Gasteiger charge is 2.15. The van der Waals surface area contributed by atoms with Crippen molar-refractivity contribution in [2.75, 3.05) is 0 Å². The molecule has 0 amide bonds. The third-order valence-corrected chi connectivity index (χ3v) is 10.2. The summed E-state index contributed by atoms with van der Waals surface area (Å²) >= 11 is 0. The summed E-state index contributed by atoms with van der Waals surface area (Å²) in [5, 5.41) is 4.55. The van der Waals surface area contributed by atoms with Crippen molar-refractivity contribution in [2.45, 2.75) is 6.92 Å². The minimum Gasteiger partial charge on any atom is -0.253 e. The maximum atomic E-state index is 5.29. The van der Waals surface area contributed by atoms with E-state index in [1.165, 1.54) is 10.8 Å². The van der Waals surface area contributed by atoms with Crippen molar-refractivity contribution in [1.82, 2.24) is 24.9 Å². The molecule has 5 heteroatoms. The van der Waals surface area contributed by atoms with Crippen molar-refractivity contribution in [1.29, 1.82) is 0 Å². The average molecular weight is 704 g/mol. The molecule has 0 fully saturated rings. The quantitative estimate of drug-likeness (QED) is 0.161. The number of fused-ring (bicyclic) bond motifs is 4. The lowest BCUT2D eigenvalue weighted by atomic mass is 9.94. The van der Waals surface area contributed by atoms with Crippen LogP contribution in [0.5, 0.6) is 0 Å². The van der Waals surface area contributed by atoms with Gasteiger partial charge in [-0.3, -0.25) is 9.97 Å². The molecule has 4 heterocycles. The van der Waals surface area contributed by atoms with Gasteiger partial charge < -0.3 is 0 Å². The molecule has 0 unspecified atom stereocenters. The van der Waals surface area contributed by atoms with E-state index in [2.05, 4.69) is 145 Å². The van der Waals surface area contributed by atoms with Crippen LogP contribution in [0.15, 0.2) is 182 Å². The Morgan fingerprint density at radius 3 is 1.84 bits per heavy atom. The summed E-state index contributed by atoms with van der Waals surface area (Å²) in [6.45, 7) is 2.03. The molecular weight excluding hydrogens is 671 g/mol. The Morgan fingerprint density at radius 1 is 0.345 bits per heavy atom. The molecule has 0 N–H and O–H groups in total. The molecule has 0 atom stereocenters. The smallest absolute Gasteiger partial charge is 0.179 e.